The number of carbonyl (C=O) groups is 3. The summed E-state index contributed by atoms with van der Waals surface area (Å²) in [5, 5.41) is 0. The first-order valence-corrected chi connectivity index (χ1v) is 20.3. The summed E-state index contributed by atoms with van der Waals surface area (Å²) in [6, 6.07) is 0. The number of unbranched alkanes of at least 4 members (excludes halogenated alkanes) is 14. The highest BCUT2D eigenvalue weighted by Crippen LogP contribution is 2.12. The van der Waals surface area contributed by atoms with Gasteiger partial charge in [0, 0.05) is 19.3 Å². The molecule has 0 amide bonds. The molecule has 0 spiro atoms. The Hall–Kier alpha value is -2.89. The lowest BCUT2D eigenvalue weighted by Gasteiger charge is -2.18. The molecular formula is C44H74O6. The lowest BCUT2D eigenvalue weighted by Crippen LogP contribution is -2.30. The van der Waals surface area contributed by atoms with Crippen LogP contribution in [0.1, 0.15) is 181 Å². The van der Waals surface area contributed by atoms with Gasteiger partial charge in [-0.3, -0.25) is 14.4 Å². The third kappa shape index (κ3) is 36.4. The number of hydrogen-bond acceptors (Lipinski definition) is 6. The highest BCUT2D eigenvalue weighted by atomic mass is 16.6. The lowest BCUT2D eigenvalue weighted by atomic mass is 10.1. The zero-order valence-electron chi connectivity index (χ0n) is 32.4. The van der Waals surface area contributed by atoms with E-state index < -0.39 is 6.10 Å². The van der Waals surface area contributed by atoms with Crippen LogP contribution in [0.15, 0.2) is 60.8 Å². The quantitative estimate of drug-likeness (QED) is 0.0284. The van der Waals surface area contributed by atoms with Crippen molar-refractivity contribution in [1.82, 2.24) is 0 Å². The Labute approximate surface area is 307 Å². The molecule has 286 valence electrons. The third-order valence-corrected chi connectivity index (χ3v) is 8.27. The van der Waals surface area contributed by atoms with Gasteiger partial charge in [0.1, 0.15) is 13.2 Å². The van der Waals surface area contributed by atoms with E-state index in [9.17, 15) is 14.4 Å². The van der Waals surface area contributed by atoms with Gasteiger partial charge < -0.3 is 14.2 Å². The smallest absolute Gasteiger partial charge is 0.306 e. The van der Waals surface area contributed by atoms with Gasteiger partial charge in [-0.05, 0) is 70.6 Å². The zero-order chi connectivity index (χ0) is 36.6. The van der Waals surface area contributed by atoms with Crippen LogP contribution in [0.3, 0.4) is 0 Å². The minimum absolute atomic E-state index is 0.101. The van der Waals surface area contributed by atoms with Crippen molar-refractivity contribution in [2.75, 3.05) is 13.2 Å². The molecule has 0 saturated carbocycles. The van der Waals surface area contributed by atoms with Crippen molar-refractivity contribution in [2.45, 2.75) is 187 Å². The molecule has 6 nitrogen and oxygen atoms in total. The first kappa shape index (κ1) is 47.1. The average Bonchev–Trinajstić information content (AvgIpc) is 3.11. The maximum absolute atomic E-state index is 12.6. The van der Waals surface area contributed by atoms with Crippen molar-refractivity contribution in [3.05, 3.63) is 60.8 Å². The van der Waals surface area contributed by atoms with Crippen LogP contribution in [-0.4, -0.2) is 37.2 Å². The largest absolute Gasteiger partial charge is 0.462 e. The molecule has 1 unspecified atom stereocenters. The zero-order valence-corrected chi connectivity index (χ0v) is 32.4. The normalized spacial score (nSPS) is 12.6. The van der Waals surface area contributed by atoms with E-state index in [4.69, 9.17) is 14.2 Å². The fraction of sp³-hybridized carbons (Fsp3) is 0.705. The molecule has 0 aromatic rings. The van der Waals surface area contributed by atoms with Crippen molar-refractivity contribution in [3.8, 4) is 0 Å². The summed E-state index contributed by atoms with van der Waals surface area (Å²) in [7, 11) is 0. The van der Waals surface area contributed by atoms with Crippen LogP contribution in [0.4, 0.5) is 0 Å². The van der Waals surface area contributed by atoms with Gasteiger partial charge in [0.2, 0.25) is 0 Å². The third-order valence-electron chi connectivity index (χ3n) is 8.27. The Balaban J connectivity index is 4.45. The van der Waals surface area contributed by atoms with Crippen molar-refractivity contribution in [2.24, 2.45) is 0 Å². The van der Waals surface area contributed by atoms with Gasteiger partial charge >= 0.3 is 17.9 Å². The van der Waals surface area contributed by atoms with E-state index in [1.807, 2.05) is 12.2 Å². The predicted octanol–water partition coefficient (Wildman–Crippen LogP) is 12.6. The molecule has 0 aromatic heterocycles. The molecule has 0 rings (SSSR count). The van der Waals surface area contributed by atoms with Crippen LogP contribution in [-0.2, 0) is 28.6 Å². The molecule has 0 N–H and O–H groups in total. The van der Waals surface area contributed by atoms with Crippen LogP contribution in [0.25, 0.3) is 0 Å². The number of hydrogen-bond donors (Lipinski definition) is 0. The molecule has 0 aliphatic carbocycles. The Morgan fingerprint density at radius 3 is 1.36 bits per heavy atom. The Morgan fingerprint density at radius 2 is 0.820 bits per heavy atom. The van der Waals surface area contributed by atoms with E-state index >= 15 is 0 Å². The van der Waals surface area contributed by atoms with Gasteiger partial charge in [0.25, 0.3) is 0 Å². The highest BCUT2D eigenvalue weighted by Gasteiger charge is 2.19. The Morgan fingerprint density at radius 1 is 0.420 bits per heavy atom. The number of allylic oxidation sites excluding steroid dienone is 10. The van der Waals surface area contributed by atoms with E-state index in [-0.39, 0.29) is 37.5 Å². The fourth-order valence-electron chi connectivity index (χ4n) is 5.21. The highest BCUT2D eigenvalue weighted by molar-refractivity contribution is 5.71. The number of ether oxygens (including phenoxy) is 3. The predicted molar refractivity (Wildman–Crippen MR) is 210 cm³/mol. The van der Waals surface area contributed by atoms with Crippen LogP contribution in [0.5, 0.6) is 0 Å². The van der Waals surface area contributed by atoms with Crippen molar-refractivity contribution < 1.29 is 28.6 Å². The summed E-state index contributed by atoms with van der Waals surface area (Å²) in [4.78, 5) is 37.3. The first-order chi connectivity index (χ1) is 24.5. The van der Waals surface area contributed by atoms with Crippen LogP contribution in [0.2, 0.25) is 0 Å². The van der Waals surface area contributed by atoms with Gasteiger partial charge in [-0.2, -0.15) is 0 Å². The second-order valence-electron chi connectivity index (χ2n) is 13.2. The average molecular weight is 699 g/mol. The van der Waals surface area contributed by atoms with Crippen molar-refractivity contribution in [1.29, 1.82) is 0 Å². The molecule has 0 saturated heterocycles. The van der Waals surface area contributed by atoms with E-state index in [0.717, 1.165) is 77.0 Å². The Bertz CT molecular complexity index is 944. The summed E-state index contributed by atoms with van der Waals surface area (Å²) in [5.41, 5.74) is 0. The molecule has 0 heterocycles. The molecular weight excluding hydrogens is 624 g/mol. The molecule has 0 radical (unpaired) electrons. The van der Waals surface area contributed by atoms with E-state index in [1.165, 1.54) is 57.8 Å². The molecule has 6 heteroatoms. The van der Waals surface area contributed by atoms with Gasteiger partial charge in [-0.15, -0.1) is 0 Å². The topological polar surface area (TPSA) is 78.9 Å². The molecule has 0 fully saturated rings. The van der Waals surface area contributed by atoms with Crippen molar-refractivity contribution in [3.63, 3.8) is 0 Å². The van der Waals surface area contributed by atoms with Crippen LogP contribution in [0, 0.1) is 0 Å². The van der Waals surface area contributed by atoms with Gasteiger partial charge in [0.15, 0.2) is 6.10 Å². The lowest BCUT2D eigenvalue weighted by molar-refractivity contribution is -0.166. The standard InChI is InChI=1S/C44H74O6/c1-4-7-10-13-16-18-20-22-24-26-28-31-34-37-43(46)49-40-41(39-48-42(45)36-33-30-15-12-9-6-3)50-44(47)38-35-32-29-27-25-23-21-19-17-14-11-8-5-2/h7,10,16,18-19,21-22,24,28,31,41H,4-6,8-9,11-15,17,20,23,25-27,29-30,32-40H2,1-3H3/b10-7-,18-16-,21-19-,24-22-,31-28-. The SMILES string of the molecule is CC/C=C\C/C=C\C/C=C\C/C=C\CCC(=O)OCC(COC(=O)CCCCCCCC)OC(=O)CCCCCCC/C=C\CCCCCC. The monoisotopic (exact) mass is 699 g/mol. The van der Waals surface area contributed by atoms with Gasteiger partial charge in [-0.1, -0.05) is 152 Å². The molecule has 50 heavy (non-hydrogen) atoms. The minimum Gasteiger partial charge on any atom is -0.462 e. The Kier molecular flexibility index (Phi) is 36.7. The molecule has 0 aliphatic heterocycles. The maximum atomic E-state index is 12.6. The van der Waals surface area contributed by atoms with E-state index in [2.05, 4.69) is 69.4 Å². The summed E-state index contributed by atoms with van der Waals surface area (Å²) in [6.45, 7) is 6.34. The van der Waals surface area contributed by atoms with E-state index in [0.29, 0.717) is 19.3 Å². The number of esters is 3. The maximum Gasteiger partial charge on any atom is 0.306 e. The molecule has 0 aliphatic rings. The summed E-state index contributed by atoms with van der Waals surface area (Å²) in [5.74, 6) is -1.01. The molecule has 1 atom stereocenters. The first-order valence-electron chi connectivity index (χ1n) is 20.3. The summed E-state index contributed by atoms with van der Waals surface area (Å²) >= 11 is 0. The second kappa shape index (κ2) is 38.9. The fourth-order valence-corrected chi connectivity index (χ4v) is 5.21. The van der Waals surface area contributed by atoms with Crippen molar-refractivity contribution >= 4 is 17.9 Å². The number of carbonyl (C=O) groups excluding carboxylic acids is 3. The number of rotatable bonds is 35. The molecule has 0 aromatic carbocycles. The second-order valence-corrected chi connectivity index (χ2v) is 13.2. The van der Waals surface area contributed by atoms with Crippen LogP contribution >= 0.6 is 0 Å². The summed E-state index contributed by atoms with van der Waals surface area (Å²) in [6.07, 6.45) is 45.2. The van der Waals surface area contributed by atoms with Gasteiger partial charge in [-0.25, -0.2) is 0 Å². The van der Waals surface area contributed by atoms with Gasteiger partial charge in [0.05, 0.1) is 0 Å². The minimum atomic E-state index is -0.800. The summed E-state index contributed by atoms with van der Waals surface area (Å²) < 4.78 is 16.5. The van der Waals surface area contributed by atoms with E-state index in [1.54, 1.807) is 0 Å². The molecule has 0 bridgehead atoms. The van der Waals surface area contributed by atoms with Crippen LogP contribution < -0.4 is 0 Å².